The molecule has 0 unspecified atom stereocenters. The molecule has 0 atom stereocenters. The largest absolute Gasteiger partial charge is 0.216 e. The van der Waals surface area contributed by atoms with E-state index >= 15 is 0 Å². The van der Waals surface area contributed by atoms with E-state index in [4.69, 9.17) is 69.6 Å². The topological polar surface area (TPSA) is 0 Å². The van der Waals surface area contributed by atoms with E-state index in [2.05, 4.69) is 0 Å². The summed E-state index contributed by atoms with van der Waals surface area (Å²) in [7, 11) is 0. The molecule has 2 rings (SSSR count). The predicted octanol–water partition coefficient (Wildman–Crippen LogP) is 7.51. The number of alkyl halides is 6. The van der Waals surface area contributed by atoms with Crippen LogP contribution < -0.4 is 0 Å². The fourth-order valence-corrected chi connectivity index (χ4v) is 2.72. The Hall–Kier alpha value is -0.0800. The van der Waals surface area contributed by atoms with E-state index in [0.29, 0.717) is 11.1 Å². The highest BCUT2D eigenvalue weighted by molar-refractivity contribution is 6.67. The minimum atomic E-state index is -1.62. The lowest BCUT2D eigenvalue weighted by Crippen LogP contribution is -2.08. The number of hydrogen-bond acceptors (Lipinski definition) is 0. The zero-order valence-corrected chi connectivity index (χ0v) is 15.6. The molecule has 0 radical (unpaired) electrons. The first-order valence-electron chi connectivity index (χ1n) is 6.19. The van der Waals surface area contributed by atoms with Crippen LogP contribution in [-0.2, 0) is 7.59 Å². The van der Waals surface area contributed by atoms with Crippen LogP contribution in [0, 0.1) is 0 Å². The molecule has 22 heavy (non-hydrogen) atoms. The van der Waals surface area contributed by atoms with Crippen LogP contribution in [0.5, 0.6) is 0 Å². The molecule has 0 aliphatic rings. The lowest BCUT2D eigenvalue weighted by Gasteiger charge is -2.19. The van der Waals surface area contributed by atoms with Gasteiger partial charge in [0.05, 0.1) is 0 Å². The first kappa shape index (κ1) is 18.3. The number of benzene rings is 2. The summed E-state index contributed by atoms with van der Waals surface area (Å²) in [5.74, 6) is 0. The fraction of sp³-hybridized carbons (Fsp3) is 0.125. The van der Waals surface area contributed by atoms with Crippen LogP contribution in [0.15, 0.2) is 48.5 Å². The highest BCUT2D eigenvalue weighted by atomic mass is 35.6. The van der Waals surface area contributed by atoms with E-state index in [-0.39, 0.29) is 0 Å². The molecule has 0 fully saturated rings. The van der Waals surface area contributed by atoms with Crippen LogP contribution in [0.3, 0.4) is 0 Å². The summed E-state index contributed by atoms with van der Waals surface area (Å²) >= 11 is 35.8. The molecule has 2 aromatic rings. The standard InChI is InChI=1S/C16H10Cl6/c17-15(18,19)13-9-8-12(14(10-13)16(20,21)22)7-6-11-4-2-1-3-5-11/h1-10H. The Morgan fingerprint density at radius 2 is 1.32 bits per heavy atom. The molecule has 2 aromatic carbocycles. The molecule has 6 heteroatoms. The SMILES string of the molecule is ClC(Cl)(Cl)c1ccc(C=Cc2ccccc2)c(C(Cl)(Cl)Cl)c1. The summed E-state index contributed by atoms with van der Waals surface area (Å²) < 4.78 is -3.20. The van der Waals surface area contributed by atoms with Crippen molar-refractivity contribution in [2.45, 2.75) is 7.59 Å². The Balaban J connectivity index is 2.45. The van der Waals surface area contributed by atoms with Gasteiger partial charge < -0.3 is 0 Å². The van der Waals surface area contributed by atoms with Gasteiger partial charge in [0.1, 0.15) is 0 Å². The quantitative estimate of drug-likeness (QED) is 0.352. The van der Waals surface area contributed by atoms with Crippen LogP contribution in [0.2, 0.25) is 0 Å². The minimum absolute atomic E-state index is 0.440. The average molecular weight is 415 g/mol. The van der Waals surface area contributed by atoms with E-state index in [9.17, 15) is 0 Å². The summed E-state index contributed by atoms with van der Waals surface area (Å²) in [4.78, 5) is 0. The summed E-state index contributed by atoms with van der Waals surface area (Å²) in [6.45, 7) is 0. The van der Waals surface area contributed by atoms with Crippen LogP contribution in [0.1, 0.15) is 22.3 Å². The van der Waals surface area contributed by atoms with E-state index in [0.717, 1.165) is 11.1 Å². The van der Waals surface area contributed by atoms with Crippen molar-refractivity contribution in [2.24, 2.45) is 0 Å². The van der Waals surface area contributed by atoms with Gasteiger partial charge in [0, 0.05) is 11.1 Å². The van der Waals surface area contributed by atoms with E-state index < -0.39 is 7.59 Å². The molecule has 0 N–H and O–H groups in total. The first-order chi connectivity index (χ1) is 10.2. The van der Waals surface area contributed by atoms with Crippen LogP contribution in [0.4, 0.5) is 0 Å². The lowest BCUT2D eigenvalue weighted by molar-refractivity contribution is 1.16. The summed E-state index contributed by atoms with van der Waals surface area (Å²) in [6.07, 6.45) is 3.78. The van der Waals surface area contributed by atoms with Crippen molar-refractivity contribution in [3.8, 4) is 0 Å². The van der Waals surface area contributed by atoms with Gasteiger partial charge in [0.2, 0.25) is 7.59 Å². The number of hydrogen-bond donors (Lipinski definition) is 0. The highest BCUT2D eigenvalue weighted by Gasteiger charge is 2.30. The smallest absolute Gasteiger partial charge is 0.0784 e. The molecule has 116 valence electrons. The summed E-state index contributed by atoms with van der Waals surface area (Å²) in [5.41, 5.74) is 2.66. The van der Waals surface area contributed by atoms with Crippen molar-refractivity contribution in [1.82, 2.24) is 0 Å². The second-order valence-corrected chi connectivity index (χ2v) is 9.10. The highest BCUT2D eigenvalue weighted by Crippen LogP contribution is 2.45. The maximum absolute atomic E-state index is 6.04. The fourth-order valence-electron chi connectivity index (χ4n) is 1.87. The minimum Gasteiger partial charge on any atom is -0.0784 e. The van der Waals surface area contributed by atoms with Crippen molar-refractivity contribution in [1.29, 1.82) is 0 Å². The number of rotatable bonds is 2. The van der Waals surface area contributed by atoms with Crippen molar-refractivity contribution in [3.05, 3.63) is 70.8 Å². The van der Waals surface area contributed by atoms with Crippen LogP contribution in [-0.4, -0.2) is 0 Å². The van der Waals surface area contributed by atoms with Crippen molar-refractivity contribution < 1.29 is 0 Å². The van der Waals surface area contributed by atoms with E-state index in [1.54, 1.807) is 18.2 Å². The molecule has 0 bridgehead atoms. The van der Waals surface area contributed by atoms with Gasteiger partial charge in [-0.15, -0.1) is 0 Å². The third-order valence-corrected chi connectivity index (χ3v) is 4.21. The van der Waals surface area contributed by atoms with E-state index in [1.165, 1.54) is 0 Å². The molecular formula is C16H10Cl6. The van der Waals surface area contributed by atoms with Gasteiger partial charge in [-0.05, 0) is 17.2 Å². The molecule has 0 aromatic heterocycles. The second-order valence-electron chi connectivity index (χ2n) is 4.54. The Morgan fingerprint density at radius 1 is 0.682 bits per heavy atom. The Labute approximate surface area is 159 Å². The normalized spacial score (nSPS) is 12.8. The maximum Gasteiger partial charge on any atom is 0.216 e. The van der Waals surface area contributed by atoms with Gasteiger partial charge in [-0.25, -0.2) is 0 Å². The zero-order valence-electron chi connectivity index (χ0n) is 11.0. The molecule has 0 saturated heterocycles. The molecule has 0 spiro atoms. The van der Waals surface area contributed by atoms with Gasteiger partial charge >= 0.3 is 0 Å². The van der Waals surface area contributed by atoms with Gasteiger partial charge in [0.25, 0.3) is 0 Å². The van der Waals surface area contributed by atoms with Crippen molar-refractivity contribution >= 4 is 81.8 Å². The van der Waals surface area contributed by atoms with Gasteiger partial charge in [-0.1, -0.05) is 124 Å². The van der Waals surface area contributed by atoms with Crippen LogP contribution in [0.25, 0.3) is 12.2 Å². The van der Waals surface area contributed by atoms with E-state index in [1.807, 2.05) is 42.5 Å². The second kappa shape index (κ2) is 7.21. The van der Waals surface area contributed by atoms with Gasteiger partial charge in [-0.2, -0.15) is 0 Å². The average Bonchev–Trinajstić information content (AvgIpc) is 2.44. The van der Waals surface area contributed by atoms with Crippen molar-refractivity contribution in [2.75, 3.05) is 0 Å². The molecule has 0 heterocycles. The summed E-state index contributed by atoms with van der Waals surface area (Å²) in [6, 6.07) is 14.8. The Kier molecular flexibility index (Phi) is 5.99. The Bertz CT molecular complexity index is 665. The third kappa shape index (κ3) is 4.96. The zero-order chi connectivity index (χ0) is 16.4. The molecule has 0 amide bonds. The number of halogens is 6. The molecular weight excluding hydrogens is 405 g/mol. The van der Waals surface area contributed by atoms with Gasteiger partial charge in [0.15, 0.2) is 0 Å². The Morgan fingerprint density at radius 3 is 1.86 bits per heavy atom. The molecule has 0 saturated carbocycles. The van der Waals surface area contributed by atoms with Gasteiger partial charge in [-0.3, -0.25) is 0 Å². The van der Waals surface area contributed by atoms with Crippen molar-refractivity contribution in [3.63, 3.8) is 0 Å². The predicted molar refractivity (Wildman–Crippen MR) is 100 cm³/mol. The lowest BCUT2D eigenvalue weighted by atomic mass is 10.0. The summed E-state index contributed by atoms with van der Waals surface area (Å²) in [5, 5.41) is 0. The maximum atomic E-state index is 6.04. The molecule has 0 nitrogen and oxygen atoms in total. The third-order valence-electron chi connectivity index (χ3n) is 2.94. The first-order valence-corrected chi connectivity index (χ1v) is 8.46. The van der Waals surface area contributed by atoms with Crippen LogP contribution >= 0.6 is 69.6 Å². The monoisotopic (exact) mass is 412 g/mol. The molecule has 0 aliphatic carbocycles. The molecule has 0 aliphatic heterocycles.